The molecular formula is C9H10N2O2. The minimum absolute atomic E-state index is 0.181. The Morgan fingerprint density at radius 2 is 2.31 bits per heavy atom. The van der Waals surface area contributed by atoms with Crippen molar-refractivity contribution < 1.29 is 4.79 Å². The van der Waals surface area contributed by atoms with Gasteiger partial charge >= 0.3 is 0 Å². The van der Waals surface area contributed by atoms with Crippen LogP contribution in [0.25, 0.3) is 6.08 Å². The van der Waals surface area contributed by atoms with Gasteiger partial charge in [0, 0.05) is 18.7 Å². The number of carbonyl (C=O) groups excluding carboxylic acids is 1. The fourth-order valence-corrected chi connectivity index (χ4v) is 1.17. The highest BCUT2D eigenvalue weighted by molar-refractivity contribution is 5.78. The normalized spacial score (nSPS) is 9.69. The van der Waals surface area contributed by atoms with Crippen molar-refractivity contribution >= 4 is 12.0 Å². The predicted molar refractivity (Wildman–Crippen MR) is 49.6 cm³/mol. The molecule has 0 amide bonds. The van der Waals surface area contributed by atoms with Gasteiger partial charge in [0.1, 0.15) is 5.82 Å². The average molecular weight is 178 g/mol. The molecule has 0 aliphatic rings. The zero-order chi connectivity index (χ0) is 10.0. The highest BCUT2D eigenvalue weighted by Crippen LogP contribution is 2.00. The summed E-state index contributed by atoms with van der Waals surface area (Å²) in [5, 5.41) is 0. The lowest BCUT2D eigenvalue weighted by Crippen LogP contribution is -2.20. The van der Waals surface area contributed by atoms with Gasteiger partial charge in [-0.15, -0.1) is 0 Å². The van der Waals surface area contributed by atoms with E-state index in [0.717, 1.165) is 0 Å². The number of aromatic nitrogens is 2. The van der Waals surface area contributed by atoms with Gasteiger partial charge in [0.15, 0.2) is 0 Å². The summed E-state index contributed by atoms with van der Waals surface area (Å²) in [4.78, 5) is 25.7. The smallest absolute Gasteiger partial charge is 0.273 e. The van der Waals surface area contributed by atoms with Crippen LogP contribution in [-0.4, -0.2) is 15.5 Å². The Balaban J connectivity index is 3.56. The highest BCUT2D eigenvalue weighted by atomic mass is 16.2. The molecule has 13 heavy (non-hydrogen) atoms. The molecule has 0 aromatic carbocycles. The first-order valence-corrected chi connectivity index (χ1v) is 3.80. The van der Waals surface area contributed by atoms with Gasteiger partial charge in [-0.1, -0.05) is 6.58 Å². The molecule has 0 spiro atoms. The predicted octanol–water partition coefficient (Wildman–Crippen LogP) is 0.855. The number of aryl methyl sites for hydroxylation is 1. The van der Waals surface area contributed by atoms with E-state index in [0.29, 0.717) is 5.69 Å². The van der Waals surface area contributed by atoms with E-state index in [1.807, 2.05) is 0 Å². The molecule has 1 heterocycles. The van der Waals surface area contributed by atoms with Crippen LogP contribution in [0.4, 0.5) is 0 Å². The Hall–Kier alpha value is -1.71. The maximum atomic E-state index is 11.1. The van der Waals surface area contributed by atoms with E-state index in [4.69, 9.17) is 0 Å². The van der Waals surface area contributed by atoms with E-state index in [2.05, 4.69) is 11.6 Å². The maximum Gasteiger partial charge on any atom is 0.273 e. The van der Waals surface area contributed by atoms with Gasteiger partial charge in [-0.3, -0.25) is 14.2 Å². The third-order valence-electron chi connectivity index (χ3n) is 1.64. The van der Waals surface area contributed by atoms with Crippen molar-refractivity contribution in [2.75, 3.05) is 0 Å². The quantitative estimate of drug-likeness (QED) is 0.640. The third-order valence-corrected chi connectivity index (χ3v) is 1.64. The number of nitrogens with zero attached hydrogens (tertiary/aromatic N) is 2. The summed E-state index contributed by atoms with van der Waals surface area (Å²) in [5.74, 6) is 0.109. The lowest BCUT2D eigenvalue weighted by atomic mass is 10.4. The van der Waals surface area contributed by atoms with Crippen LogP contribution in [0.1, 0.15) is 23.2 Å². The summed E-state index contributed by atoms with van der Waals surface area (Å²) in [5.41, 5.74) is 0.215. The van der Waals surface area contributed by atoms with Crippen LogP contribution < -0.4 is 5.56 Å². The standard InChI is InChI=1S/C9H10N2O2/c1-4-8-10-9(13)5-6(2)11(8)7(3)12/h4-5H,1H2,2-3H3. The first kappa shape index (κ1) is 9.38. The van der Waals surface area contributed by atoms with E-state index in [9.17, 15) is 9.59 Å². The Bertz CT molecular complexity index is 418. The van der Waals surface area contributed by atoms with Crippen molar-refractivity contribution in [3.63, 3.8) is 0 Å². The topological polar surface area (TPSA) is 52.0 Å². The van der Waals surface area contributed by atoms with Crippen LogP contribution in [0.3, 0.4) is 0 Å². The summed E-state index contributed by atoms with van der Waals surface area (Å²) in [6.07, 6.45) is 1.38. The molecule has 1 rings (SSSR count). The van der Waals surface area contributed by atoms with Crippen molar-refractivity contribution in [3.05, 3.63) is 34.5 Å². The summed E-state index contributed by atoms with van der Waals surface area (Å²) in [6.45, 7) is 6.57. The Kier molecular flexibility index (Phi) is 2.41. The van der Waals surface area contributed by atoms with Gasteiger partial charge in [0.25, 0.3) is 5.56 Å². The molecule has 1 aromatic rings. The first-order valence-electron chi connectivity index (χ1n) is 3.80. The van der Waals surface area contributed by atoms with Crippen LogP contribution in [0.5, 0.6) is 0 Å². The molecule has 1 aromatic heterocycles. The van der Waals surface area contributed by atoms with Crippen molar-refractivity contribution in [1.29, 1.82) is 0 Å². The van der Waals surface area contributed by atoms with E-state index in [1.54, 1.807) is 6.92 Å². The van der Waals surface area contributed by atoms with Gasteiger partial charge in [-0.05, 0) is 13.0 Å². The lowest BCUT2D eigenvalue weighted by Gasteiger charge is -2.08. The molecular weight excluding hydrogens is 168 g/mol. The van der Waals surface area contributed by atoms with Crippen LogP contribution >= 0.6 is 0 Å². The Morgan fingerprint density at radius 3 is 2.77 bits per heavy atom. The molecule has 68 valence electrons. The van der Waals surface area contributed by atoms with Gasteiger partial charge in [-0.25, -0.2) is 0 Å². The largest absolute Gasteiger partial charge is 0.274 e. The molecule has 0 saturated heterocycles. The van der Waals surface area contributed by atoms with Crippen molar-refractivity contribution in [2.24, 2.45) is 0 Å². The van der Waals surface area contributed by atoms with Crippen LogP contribution in [0.2, 0.25) is 0 Å². The molecule has 4 nitrogen and oxygen atoms in total. The molecule has 0 N–H and O–H groups in total. The maximum absolute atomic E-state index is 11.1. The van der Waals surface area contributed by atoms with E-state index >= 15 is 0 Å². The summed E-state index contributed by atoms with van der Waals surface area (Å²) in [6, 6.07) is 1.31. The second-order valence-corrected chi connectivity index (χ2v) is 2.65. The second kappa shape index (κ2) is 3.35. The molecule has 0 aliphatic carbocycles. The average Bonchev–Trinajstić information content (AvgIpc) is 2.01. The first-order chi connectivity index (χ1) is 6.06. The Labute approximate surface area is 75.5 Å². The fraction of sp³-hybridized carbons (Fsp3) is 0.222. The van der Waals surface area contributed by atoms with E-state index in [1.165, 1.54) is 23.6 Å². The Morgan fingerprint density at radius 1 is 1.69 bits per heavy atom. The minimum Gasteiger partial charge on any atom is -0.274 e. The van der Waals surface area contributed by atoms with Gasteiger partial charge in [-0.2, -0.15) is 4.98 Å². The van der Waals surface area contributed by atoms with Crippen molar-refractivity contribution in [1.82, 2.24) is 9.55 Å². The zero-order valence-corrected chi connectivity index (χ0v) is 7.57. The molecule has 0 aliphatic heterocycles. The fourth-order valence-electron chi connectivity index (χ4n) is 1.17. The molecule has 0 saturated carbocycles. The SMILES string of the molecule is C=Cc1nc(=O)cc(C)n1C(C)=O. The van der Waals surface area contributed by atoms with Crippen LogP contribution in [0.15, 0.2) is 17.4 Å². The van der Waals surface area contributed by atoms with Crippen molar-refractivity contribution in [2.45, 2.75) is 13.8 Å². The zero-order valence-electron chi connectivity index (χ0n) is 7.57. The number of rotatable bonds is 1. The summed E-state index contributed by atoms with van der Waals surface area (Å²) in [7, 11) is 0. The van der Waals surface area contributed by atoms with Gasteiger partial charge < -0.3 is 0 Å². The number of hydrogen-bond acceptors (Lipinski definition) is 3. The molecule has 0 unspecified atom stereocenters. The van der Waals surface area contributed by atoms with E-state index in [-0.39, 0.29) is 17.3 Å². The highest BCUT2D eigenvalue weighted by Gasteiger charge is 2.06. The van der Waals surface area contributed by atoms with Crippen LogP contribution in [0, 0.1) is 6.92 Å². The minimum atomic E-state index is -0.357. The molecule has 0 radical (unpaired) electrons. The van der Waals surface area contributed by atoms with E-state index < -0.39 is 0 Å². The van der Waals surface area contributed by atoms with Gasteiger partial charge in [0.05, 0.1) is 0 Å². The molecule has 0 fully saturated rings. The molecule has 4 heteroatoms. The van der Waals surface area contributed by atoms with Crippen LogP contribution in [-0.2, 0) is 0 Å². The third kappa shape index (κ3) is 1.72. The molecule has 0 atom stereocenters. The van der Waals surface area contributed by atoms with Crippen molar-refractivity contribution in [3.8, 4) is 0 Å². The van der Waals surface area contributed by atoms with Gasteiger partial charge in [0.2, 0.25) is 5.91 Å². The summed E-state index contributed by atoms with van der Waals surface area (Å²) >= 11 is 0. The monoisotopic (exact) mass is 178 g/mol. The lowest BCUT2D eigenvalue weighted by molar-refractivity contribution is 0.0931. The summed E-state index contributed by atoms with van der Waals surface area (Å²) < 4.78 is 1.34. The second-order valence-electron chi connectivity index (χ2n) is 2.65. The molecule has 0 bridgehead atoms. The number of carbonyl (C=O) groups is 1. The number of hydrogen-bond donors (Lipinski definition) is 0.